The van der Waals surface area contributed by atoms with Gasteiger partial charge in [-0.2, -0.15) is 5.26 Å². The second kappa shape index (κ2) is 17.6. The van der Waals surface area contributed by atoms with Crippen molar-refractivity contribution in [3.8, 4) is 118 Å². The molecule has 0 fully saturated rings. The highest BCUT2D eigenvalue weighted by Gasteiger charge is 2.23. The molecule has 0 bridgehead atoms. The predicted molar refractivity (Wildman–Crippen MR) is 305 cm³/mol. The molecule has 0 radical (unpaired) electrons. The molecule has 0 spiro atoms. The van der Waals surface area contributed by atoms with Gasteiger partial charge in [0.15, 0.2) is 17.5 Å². The molecular weight excluding hydrogens is 897 g/mol. The standard InChI is InChI=1S/C70H42N4/c71-43-53-41-49(35-36-58(53)59-23-7-6-22-55(59)50-18-11-19-51(42-50)56-26-12-27-60-54-21-5-4-14-44(54)34-37-63(56)60)48-17-10-20-52(40-48)70-73-68(46-15-2-1-3-16-46)72-69(74-70)47-32-30-45(31-33-47)57-38-39-66-62-25-9-8-24-61(62)65-29-13-28-64(57)67(65)66/h1-42H. The van der Waals surface area contributed by atoms with Crippen LogP contribution in [0.4, 0.5) is 0 Å². The van der Waals surface area contributed by atoms with E-state index in [0.29, 0.717) is 23.0 Å². The fourth-order valence-corrected chi connectivity index (χ4v) is 11.2. The van der Waals surface area contributed by atoms with Crippen molar-refractivity contribution in [2.75, 3.05) is 0 Å². The van der Waals surface area contributed by atoms with Crippen LogP contribution >= 0.6 is 0 Å². The lowest BCUT2D eigenvalue weighted by Crippen LogP contribution is -2.00. The Bertz CT molecular complexity index is 4400. The molecule has 1 aliphatic carbocycles. The average Bonchev–Trinajstić information content (AvgIpc) is 3.81. The fourth-order valence-electron chi connectivity index (χ4n) is 11.2. The van der Waals surface area contributed by atoms with E-state index in [9.17, 15) is 5.26 Å². The van der Waals surface area contributed by atoms with Crippen LogP contribution in [-0.2, 0) is 0 Å². The Kier molecular flexibility index (Phi) is 10.2. The molecule has 74 heavy (non-hydrogen) atoms. The topological polar surface area (TPSA) is 62.5 Å². The maximum Gasteiger partial charge on any atom is 0.164 e. The van der Waals surface area contributed by atoms with E-state index < -0.39 is 0 Å². The maximum absolute atomic E-state index is 10.8. The van der Waals surface area contributed by atoms with Gasteiger partial charge in [0.25, 0.3) is 0 Å². The summed E-state index contributed by atoms with van der Waals surface area (Å²) in [7, 11) is 0. The maximum atomic E-state index is 10.8. The molecule has 0 unspecified atom stereocenters. The van der Waals surface area contributed by atoms with Crippen molar-refractivity contribution in [1.82, 2.24) is 15.0 Å². The van der Waals surface area contributed by atoms with Crippen LogP contribution in [0.25, 0.3) is 144 Å². The van der Waals surface area contributed by atoms with Gasteiger partial charge in [-0.3, -0.25) is 0 Å². The van der Waals surface area contributed by atoms with Crippen LogP contribution in [0, 0.1) is 11.3 Å². The molecule has 0 amide bonds. The SMILES string of the molecule is N#Cc1cc(-c2cccc(-c3nc(-c4ccccc4)nc(-c4ccc(-c5ccc6c7c(cccc57)-c5ccccc5-6)cc4)n3)c2)ccc1-c1ccccc1-c1cccc(-c2cccc3c2ccc2ccccc23)c1. The Morgan fingerprint density at radius 3 is 1.45 bits per heavy atom. The first kappa shape index (κ1) is 42.8. The van der Waals surface area contributed by atoms with E-state index >= 15 is 0 Å². The molecule has 12 aromatic carbocycles. The van der Waals surface area contributed by atoms with Crippen molar-refractivity contribution in [3.05, 3.63) is 260 Å². The predicted octanol–water partition coefficient (Wildman–Crippen LogP) is 18.2. The number of nitrogens with zero attached hydrogens (tertiary/aromatic N) is 4. The molecule has 1 aromatic heterocycles. The summed E-state index contributed by atoms with van der Waals surface area (Å²) in [5, 5.41) is 18.3. The Morgan fingerprint density at radius 2 is 0.689 bits per heavy atom. The Labute approximate surface area is 428 Å². The summed E-state index contributed by atoms with van der Waals surface area (Å²) in [6.45, 7) is 0. The van der Waals surface area contributed by atoms with Gasteiger partial charge in [0.2, 0.25) is 0 Å². The van der Waals surface area contributed by atoms with Crippen molar-refractivity contribution in [2.45, 2.75) is 0 Å². The molecule has 0 aliphatic heterocycles. The number of nitriles is 1. The minimum absolute atomic E-state index is 0.567. The molecule has 1 heterocycles. The molecule has 4 nitrogen and oxygen atoms in total. The lowest BCUT2D eigenvalue weighted by molar-refractivity contribution is 1.07. The number of aromatic nitrogens is 3. The third kappa shape index (κ3) is 7.26. The van der Waals surface area contributed by atoms with Gasteiger partial charge in [0, 0.05) is 22.3 Å². The zero-order chi connectivity index (χ0) is 49.1. The molecule has 4 heteroatoms. The smallest absolute Gasteiger partial charge is 0.164 e. The first-order valence-corrected chi connectivity index (χ1v) is 25.0. The first-order valence-electron chi connectivity index (χ1n) is 25.0. The summed E-state index contributed by atoms with van der Waals surface area (Å²) in [5.74, 6) is 1.75. The van der Waals surface area contributed by atoms with E-state index in [1.165, 1.54) is 65.7 Å². The van der Waals surface area contributed by atoms with Crippen LogP contribution in [0.2, 0.25) is 0 Å². The van der Waals surface area contributed by atoms with Crippen molar-refractivity contribution >= 4 is 32.3 Å². The zero-order valence-electron chi connectivity index (χ0n) is 40.0. The number of fused-ring (bicyclic) bond motifs is 6. The van der Waals surface area contributed by atoms with Crippen molar-refractivity contribution in [3.63, 3.8) is 0 Å². The second-order valence-electron chi connectivity index (χ2n) is 19.0. The number of hydrogen-bond donors (Lipinski definition) is 0. The van der Waals surface area contributed by atoms with Crippen LogP contribution < -0.4 is 0 Å². The monoisotopic (exact) mass is 938 g/mol. The van der Waals surface area contributed by atoms with Crippen LogP contribution in [0.5, 0.6) is 0 Å². The highest BCUT2D eigenvalue weighted by Crippen LogP contribution is 2.49. The summed E-state index contributed by atoms with van der Waals surface area (Å²) >= 11 is 0. The molecule has 0 saturated heterocycles. The Balaban J connectivity index is 0.797. The average molecular weight is 939 g/mol. The molecule has 0 N–H and O–H groups in total. The van der Waals surface area contributed by atoms with E-state index in [1.807, 2.05) is 54.6 Å². The number of rotatable bonds is 8. The van der Waals surface area contributed by atoms with Crippen molar-refractivity contribution < 1.29 is 0 Å². The van der Waals surface area contributed by atoms with Gasteiger partial charge < -0.3 is 0 Å². The van der Waals surface area contributed by atoms with E-state index in [0.717, 1.165) is 61.2 Å². The molecular formula is C70H42N4. The molecule has 13 aromatic rings. The minimum atomic E-state index is 0.567. The molecule has 14 rings (SSSR count). The van der Waals surface area contributed by atoms with Gasteiger partial charge in [-0.1, -0.05) is 237 Å². The lowest BCUT2D eigenvalue weighted by atomic mass is 9.88. The molecule has 342 valence electrons. The zero-order valence-corrected chi connectivity index (χ0v) is 40.0. The van der Waals surface area contributed by atoms with Gasteiger partial charge in [0.05, 0.1) is 11.6 Å². The Hall–Kier alpha value is -10.1. The van der Waals surface area contributed by atoms with Crippen LogP contribution in [0.1, 0.15) is 5.56 Å². The van der Waals surface area contributed by atoms with E-state index in [-0.39, 0.29) is 0 Å². The van der Waals surface area contributed by atoms with E-state index in [1.54, 1.807) is 0 Å². The third-order valence-electron chi connectivity index (χ3n) is 14.8. The summed E-state index contributed by atoms with van der Waals surface area (Å²) in [6, 6.07) is 92.2. The fraction of sp³-hybridized carbons (Fsp3) is 0. The molecule has 0 atom stereocenters. The summed E-state index contributed by atoms with van der Waals surface area (Å²) in [4.78, 5) is 15.3. The second-order valence-corrected chi connectivity index (χ2v) is 19.0. The number of benzene rings is 12. The summed E-state index contributed by atoms with van der Waals surface area (Å²) < 4.78 is 0. The number of hydrogen-bond acceptors (Lipinski definition) is 4. The highest BCUT2D eigenvalue weighted by atomic mass is 15.0. The van der Waals surface area contributed by atoms with E-state index in [4.69, 9.17) is 15.0 Å². The van der Waals surface area contributed by atoms with Gasteiger partial charge in [-0.05, 0) is 123 Å². The van der Waals surface area contributed by atoms with E-state index in [2.05, 4.69) is 206 Å². The minimum Gasteiger partial charge on any atom is -0.208 e. The van der Waals surface area contributed by atoms with Crippen LogP contribution in [0.3, 0.4) is 0 Å². The normalized spacial score (nSPS) is 11.5. The van der Waals surface area contributed by atoms with Gasteiger partial charge in [-0.25, -0.2) is 15.0 Å². The summed E-state index contributed by atoms with van der Waals surface area (Å²) in [5.41, 5.74) is 19.0. The highest BCUT2D eigenvalue weighted by molar-refractivity contribution is 6.19. The van der Waals surface area contributed by atoms with Crippen molar-refractivity contribution in [1.29, 1.82) is 5.26 Å². The van der Waals surface area contributed by atoms with Crippen molar-refractivity contribution in [2.24, 2.45) is 0 Å². The Morgan fingerprint density at radius 1 is 0.243 bits per heavy atom. The molecule has 0 saturated carbocycles. The summed E-state index contributed by atoms with van der Waals surface area (Å²) in [6.07, 6.45) is 0. The first-order chi connectivity index (χ1) is 36.6. The quantitative estimate of drug-likeness (QED) is 0.142. The van der Waals surface area contributed by atoms with Gasteiger partial charge >= 0.3 is 0 Å². The third-order valence-corrected chi connectivity index (χ3v) is 14.8. The molecule has 1 aliphatic rings. The van der Waals surface area contributed by atoms with Crippen LogP contribution in [0.15, 0.2) is 255 Å². The van der Waals surface area contributed by atoms with Crippen LogP contribution in [-0.4, -0.2) is 15.0 Å². The van der Waals surface area contributed by atoms with Gasteiger partial charge in [-0.15, -0.1) is 0 Å². The largest absolute Gasteiger partial charge is 0.208 e. The lowest BCUT2D eigenvalue weighted by Gasteiger charge is -2.15. The van der Waals surface area contributed by atoms with Gasteiger partial charge in [0.1, 0.15) is 0 Å².